The van der Waals surface area contributed by atoms with E-state index in [1.807, 2.05) is 41.8 Å². The zero-order chi connectivity index (χ0) is 17.2. The predicted octanol–water partition coefficient (Wildman–Crippen LogP) is 3.48. The van der Waals surface area contributed by atoms with Crippen LogP contribution in [0, 0.1) is 5.92 Å². The average Bonchev–Trinajstić information content (AvgIpc) is 3.24. The molecule has 0 bridgehead atoms. The van der Waals surface area contributed by atoms with E-state index in [-0.39, 0.29) is 36.3 Å². The molecule has 0 radical (unpaired) electrons. The molecular weight excluding hydrogens is 370 g/mol. The zero-order valence-electron chi connectivity index (χ0n) is 14.5. The number of benzene rings is 1. The van der Waals surface area contributed by atoms with Gasteiger partial charge in [-0.15, -0.1) is 23.7 Å². The minimum atomic E-state index is -0.546. The molecule has 1 fully saturated rings. The molecule has 2 aliphatic carbocycles. The van der Waals surface area contributed by atoms with Crippen LogP contribution in [0.4, 0.5) is 0 Å². The van der Waals surface area contributed by atoms with Crippen LogP contribution in [0.5, 0.6) is 5.75 Å². The lowest BCUT2D eigenvalue weighted by molar-refractivity contribution is 0.0442. The molecule has 0 spiro atoms. The number of rotatable bonds is 5. The number of carbonyl (C=O) groups is 1. The van der Waals surface area contributed by atoms with Gasteiger partial charge in [-0.25, -0.2) is 0 Å². The van der Waals surface area contributed by atoms with Gasteiger partial charge in [-0.05, 0) is 49.3 Å². The monoisotopic (exact) mass is 393 g/mol. The van der Waals surface area contributed by atoms with E-state index >= 15 is 0 Å². The van der Waals surface area contributed by atoms with Crippen molar-refractivity contribution in [2.24, 2.45) is 5.92 Å². The van der Waals surface area contributed by atoms with Gasteiger partial charge in [0.15, 0.2) is 5.78 Å². The van der Waals surface area contributed by atoms with Gasteiger partial charge in [-0.1, -0.05) is 18.2 Å². The summed E-state index contributed by atoms with van der Waals surface area (Å²) in [7, 11) is 0. The van der Waals surface area contributed by atoms with E-state index in [0.29, 0.717) is 6.54 Å². The quantitative estimate of drug-likeness (QED) is 0.816. The summed E-state index contributed by atoms with van der Waals surface area (Å²) < 4.78 is 5.91. The van der Waals surface area contributed by atoms with Gasteiger partial charge in [-0.3, -0.25) is 4.79 Å². The number of halogens is 1. The number of thiophene rings is 1. The van der Waals surface area contributed by atoms with Crippen molar-refractivity contribution in [3.8, 4) is 5.75 Å². The number of ketones is 1. The lowest BCUT2D eigenvalue weighted by Crippen LogP contribution is -2.44. The smallest absolute Gasteiger partial charge is 0.168 e. The molecule has 6 heteroatoms. The topological polar surface area (TPSA) is 58.6 Å². The van der Waals surface area contributed by atoms with Gasteiger partial charge in [0.25, 0.3) is 0 Å². The van der Waals surface area contributed by atoms with Crippen LogP contribution < -0.4 is 10.1 Å². The lowest BCUT2D eigenvalue weighted by Gasteiger charge is -2.25. The normalized spacial score (nSPS) is 27.7. The van der Waals surface area contributed by atoms with Crippen molar-refractivity contribution in [3.05, 3.63) is 52.2 Å². The fraction of sp³-hybridized carbons (Fsp3) is 0.450. The summed E-state index contributed by atoms with van der Waals surface area (Å²) >= 11 is 1.68. The second-order valence-corrected chi connectivity index (χ2v) is 7.91. The molecule has 1 aromatic carbocycles. The van der Waals surface area contributed by atoms with E-state index in [9.17, 15) is 9.90 Å². The molecule has 0 amide bonds. The fourth-order valence-corrected chi connectivity index (χ4v) is 4.77. The van der Waals surface area contributed by atoms with Crippen molar-refractivity contribution < 1.29 is 14.6 Å². The Morgan fingerprint density at radius 2 is 1.96 bits per heavy atom. The maximum atomic E-state index is 12.5. The number of ether oxygens (including phenoxy) is 1. The van der Waals surface area contributed by atoms with Gasteiger partial charge in [0.1, 0.15) is 18.0 Å². The molecule has 140 valence electrons. The van der Waals surface area contributed by atoms with E-state index in [0.717, 1.165) is 37.0 Å². The highest BCUT2D eigenvalue weighted by Crippen LogP contribution is 2.30. The van der Waals surface area contributed by atoms with Crippen molar-refractivity contribution in [3.63, 3.8) is 0 Å². The van der Waals surface area contributed by atoms with Crippen LogP contribution in [0.3, 0.4) is 0 Å². The average molecular weight is 394 g/mol. The van der Waals surface area contributed by atoms with Gasteiger partial charge in [-0.2, -0.15) is 0 Å². The molecule has 1 unspecified atom stereocenters. The summed E-state index contributed by atoms with van der Waals surface area (Å²) in [5.41, 5.74) is 0.903. The SMILES string of the molecule is Cl.O=C1c2ccsc2CCC1CN[C@@H]1CC[C@@H](Oc2ccccc2)[C@@H]1O. The number of fused-ring (bicyclic) bond motifs is 1. The van der Waals surface area contributed by atoms with E-state index in [1.165, 1.54) is 4.88 Å². The summed E-state index contributed by atoms with van der Waals surface area (Å²) in [6.45, 7) is 0.633. The first-order valence-electron chi connectivity index (χ1n) is 8.96. The number of aliphatic hydroxyl groups excluding tert-OH is 1. The second-order valence-electron chi connectivity index (χ2n) is 6.91. The number of carbonyl (C=O) groups excluding carboxylic acids is 1. The van der Waals surface area contributed by atoms with Crippen LogP contribution in [0.2, 0.25) is 0 Å². The summed E-state index contributed by atoms with van der Waals surface area (Å²) in [4.78, 5) is 13.8. The van der Waals surface area contributed by atoms with Gasteiger partial charge in [0.05, 0.1) is 0 Å². The Balaban J connectivity index is 0.00000196. The third-order valence-electron chi connectivity index (χ3n) is 5.31. The van der Waals surface area contributed by atoms with Crippen LogP contribution in [0.25, 0.3) is 0 Å². The Hall–Kier alpha value is -1.40. The highest BCUT2D eigenvalue weighted by atomic mass is 35.5. The first-order chi connectivity index (χ1) is 12.2. The number of hydrogen-bond donors (Lipinski definition) is 2. The van der Waals surface area contributed by atoms with Crippen molar-refractivity contribution in [1.29, 1.82) is 0 Å². The van der Waals surface area contributed by atoms with Crippen molar-refractivity contribution in [1.82, 2.24) is 5.32 Å². The minimum Gasteiger partial charge on any atom is -0.488 e. The molecular formula is C20H24ClNO3S. The molecule has 2 N–H and O–H groups in total. The van der Waals surface area contributed by atoms with Crippen molar-refractivity contribution in [2.45, 2.75) is 43.9 Å². The van der Waals surface area contributed by atoms with Gasteiger partial charge in [0, 0.05) is 28.9 Å². The molecule has 0 aliphatic heterocycles. The van der Waals surface area contributed by atoms with E-state index in [1.54, 1.807) is 11.3 Å². The largest absolute Gasteiger partial charge is 0.488 e. The summed E-state index contributed by atoms with van der Waals surface area (Å²) in [5.74, 6) is 1.06. The Morgan fingerprint density at radius 3 is 2.77 bits per heavy atom. The summed E-state index contributed by atoms with van der Waals surface area (Å²) in [6.07, 6.45) is 2.83. The molecule has 2 aromatic rings. The maximum Gasteiger partial charge on any atom is 0.168 e. The molecule has 1 heterocycles. The molecule has 26 heavy (non-hydrogen) atoms. The Labute approximate surface area is 164 Å². The number of hydrogen-bond acceptors (Lipinski definition) is 5. The third-order valence-corrected chi connectivity index (χ3v) is 6.29. The number of aryl methyl sites for hydroxylation is 1. The van der Waals surface area contributed by atoms with Crippen LogP contribution in [0.1, 0.15) is 34.5 Å². The summed E-state index contributed by atoms with van der Waals surface area (Å²) in [6, 6.07) is 11.6. The highest BCUT2D eigenvalue weighted by Gasteiger charge is 2.37. The first-order valence-corrected chi connectivity index (χ1v) is 9.84. The molecule has 0 saturated heterocycles. The zero-order valence-corrected chi connectivity index (χ0v) is 16.1. The predicted molar refractivity (Wildman–Crippen MR) is 106 cm³/mol. The van der Waals surface area contributed by atoms with Crippen LogP contribution in [-0.4, -0.2) is 35.7 Å². The van der Waals surface area contributed by atoms with Crippen molar-refractivity contribution >= 4 is 29.5 Å². The molecule has 4 atom stereocenters. The van der Waals surface area contributed by atoms with Gasteiger partial charge < -0.3 is 15.2 Å². The Kier molecular flexibility index (Phi) is 6.35. The minimum absolute atomic E-state index is 0. The van der Waals surface area contributed by atoms with Gasteiger partial charge in [0.2, 0.25) is 0 Å². The molecule has 4 nitrogen and oxygen atoms in total. The van der Waals surface area contributed by atoms with E-state index in [4.69, 9.17) is 4.74 Å². The molecule has 4 rings (SSSR count). The number of para-hydroxylation sites is 1. The van der Waals surface area contributed by atoms with Crippen LogP contribution >= 0.6 is 23.7 Å². The second kappa shape index (κ2) is 8.53. The van der Waals surface area contributed by atoms with E-state index < -0.39 is 6.10 Å². The summed E-state index contributed by atoms with van der Waals surface area (Å²) in [5, 5.41) is 16.0. The Morgan fingerprint density at radius 1 is 1.15 bits per heavy atom. The van der Waals surface area contributed by atoms with Gasteiger partial charge >= 0.3 is 0 Å². The van der Waals surface area contributed by atoms with E-state index in [2.05, 4.69) is 5.32 Å². The van der Waals surface area contributed by atoms with Crippen LogP contribution in [0.15, 0.2) is 41.8 Å². The highest BCUT2D eigenvalue weighted by molar-refractivity contribution is 7.10. The third kappa shape index (κ3) is 3.96. The molecule has 1 aromatic heterocycles. The Bertz CT molecular complexity index is 736. The number of Topliss-reactive ketones (excluding diaryl/α,β-unsaturated/α-hetero) is 1. The number of nitrogens with one attached hydrogen (secondary N) is 1. The maximum absolute atomic E-state index is 12.5. The number of aliphatic hydroxyl groups is 1. The fourth-order valence-electron chi connectivity index (χ4n) is 3.87. The lowest BCUT2D eigenvalue weighted by atomic mass is 9.87. The van der Waals surface area contributed by atoms with Crippen molar-refractivity contribution in [2.75, 3.05) is 6.54 Å². The van der Waals surface area contributed by atoms with Crippen LogP contribution in [-0.2, 0) is 6.42 Å². The first kappa shape index (κ1) is 19.4. The standard InChI is InChI=1S/C20H23NO3S.ClH/c22-19-13(6-9-18-15(19)10-11-25-18)12-21-16-7-8-17(20(16)23)24-14-4-2-1-3-5-14;/h1-5,10-11,13,16-17,20-21,23H,6-9,12H2;1H/t13?,16-,17-,20-;/m1./s1. The molecule has 1 saturated carbocycles. The molecule has 2 aliphatic rings.